The largest absolute Gasteiger partial charge is 0.399 e. The summed E-state index contributed by atoms with van der Waals surface area (Å²) in [6, 6.07) is 12.8. The zero-order chi connectivity index (χ0) is 19.6. The molecule has 5 N–H and O–H groups in total. The minimum absolute atomic E-state index is 0.136. The van der Waals surface area contributed by atoms with Crippen LogP contribution in [-0.2, 0) is 4.79 Å². The molecular weight excluding hydrogens is 362 g/mol. The van der Waals surface area contributed by atoms with Crippen LogP contribution in [0, 0.1) is 5.41 Å². The number of hydrogen-bond acceptors (Lipinski definition) is 5. The van der Waals surface area contributed by atoms with Crippen molar-refractivity contribution in [2.24, 2.45) is 0 Å². The molecule has 0 spiro atoms. The van der Waals surface area contributed by atoms with Gasteiger partial charge < -0.3 is 21.3 Å². The van der Waals surface area contributed by atoms with E-state index in [4.69, 9.17) is 22.7 Å². The number of likely N-dealkylation sites (N-methyl/N-ethyl adjacent to an activating group) is 1. The maximum Gasteiger partial charge on any atom is 0.261 e. The minimum Gasteiger partial charge on any atom is -0.399 e. The van der Waals surface area contributed by atoms with E-state index in [0.29, 0.717) is 16.3 Å². The lowest BCUT2D eigenvalue weighted by Gasteiger charge is -2.26. The Kier molecular flexibility index (Phi) is 5.19. The SMILES string of the molecule is CN/C=C1\C(=N)C(c2cc(N)ccc2Nc2ccc(Cl)cc2)=CN(C)C1=O. The fourth-order valence-electron chi connectivity index (χ4n) is 2.82. The molecule has 27 heavy (non-hydrogen) atoms. The average Bonchev–Trinajstić information content (AvgIpc) is 2.65. The van der Waals surface area contributed by atoms with Crippen molar-refractivity contribution in [1.82, 2.24) is 10.2 Å². The van der Waals surface area contributed by atoms with Gasteiger partial charge in [0, 0.05) is 59.7 Å². The van der Waals surface area contributed by atoms with Crippen LogP contribution in [0.3, 0.4) is 0 Å². The predicted octanol–water partition coefficient (Wildman–Crippen LogP) is 3.60. The average molecular weight is 382 g/mol. The number of carbonyl (C=O) groups is 1. The van der Waals surface area contributed by atoms with Gasteiger partial charge in [-0.15, -0.1) is 0 Å². The van der Waals surface area contributed by atoms with Gasteiger partial charge in [-0.3, -0.25) is 10.2 Å². The minimum atomic E-state index is -0.241. The number of nitrogens with two attached hydrogens (primary N) is 1. The lowest BCUT2D eigenvalue weighted by atomic mass is 9.92. The molecule has 7 heteroatoms. The molecule has 0 aliphatic carbocycles. The number of nitrogens with zero attached hydrogens (tertiary/aromatic N) is 1. The van der Waals surface area contributed by atoms with Crippen LogP contribution >= 0.6 is 11.6 Å². The van der Waals surface area contributed by atoms with Gasteiger partial charge in [0.2, 0.25) is 0 Å². The van der Waals surface area contributed by atoms with Crippen LogP contribution in [0.5, 0.6) is 0 Å². The molecule has 0 fully saturated rings. The lowest BCUT2D eigenvalue weighted by Crippen LogP contribution is -2.33. The quantitative estimate of drug-likeness (QED) is 0.480. The zero-order valence-electron chi connectivity index (χ0n) is 15.0. The van der Waals surface area contributed by atoms with Crippen molar-refractivity contribution in [3.8, 4) is 0 Å². The molecule has 0 saturated heterocycles. The summed E-state index contributed by atoms with van der Waals surface area (Å²) < 4.78 is 0. The molecule has 3 rings (SSSR count). The van der Waals surface area contributed by atoms with Crippen LogP contribution in [0.1, 0.15) is 5.56 Å². The number of halogens is 1. The molecule has 0 atom stereocenters. The summed E-state index contributed by atoms with van der Waals surface area (Å²) in [6.45, 7) is 0. The van der Waals surface area contributed by atoms with Crippen molar-refractivity contribution >= 4 is 45.9 Å². The predicted molar refractivity (Wildman–Crippen MR) is 111 cm³/mol. The van der Waals surface area contributed by atoms with E-state index >= 15 is 0 Å². The van der Waals surface area contributed by atoms with Crippen LogP contribution in [0.4, 0.5) is 17.1 Å². The van der Waals surface area contributed by atoms with Crippen LogP contribution in [0.2, 0.25) is 5.02 Å². The van der Waals surface area contributed by atoms with Gasteiger partial charge >= 0.3 is 0 Å². The van der Waals surface area contributed by atoms with E-state index < -0.39 is 0 Å². The topological polar surface area (TPSA) is 94.2 Å². The lowest BCUT2D eigenvalue weighted by molar-refractivity contribution is -0.123. The Bertz CT molecular complexity index is 963. The van der Waals surface area contributed by atoms with Gasteiger partial charge in [0.15, 0.2) is 0 Å². The summed E-state index contributed by atoms with van der Waals surface area (Å²) in [5.41, 5.74) is 9.95. The van der Waals surface area contributed by atoms with Gasteiger partial charge in [0.05, 0.1) is 11.3 Å². The third kappa shape index (κ3) is 3.80. The summed E-state index contributed by atoms with van der Waals surface area (Å²) in [5.74, 6) is -0.241. The summed E-state index contributed by atoms with van der Waals surface area (Å²) in [6.07, 6.45) is 3.19. The number of allylic oxidation sites excluding steroid dienone is 1. The first-order chi connectivity index (χ1) is 12.9. The fourth-order valence-corrected chi connectivity index (χ4v) is 2.95. The number of nitrogen functional groups attached to an aromatic ring is 1. The Hall–Kier alpha value is -3.25. The molecule has 0 radical (unpaired) electrons. The van der Waals surface area contributed by atoms with Crippen LogP contribution in [-0.4, -0.2) is 30.6 Å². The second kappa shape index (κ2) is 7.55. The van der Waals surface area contributed by atoms with Gasteiger partial charge in [-0.05, 0) is 42.5 Å². The molecule has 138 valence electrons. The van der Waals surface area contributed by atoms with Crippen LogP contribution < -0.4 is 16.4 Å². The first kappa shape index (κ1) is 18.5. The van der Waals surface area contributed by atoms with E-state index in [1.807, 2.05) is 18.2 Å². The Morgan fingerprint density at radius 3 is 2.56 bits per heavy atom. The highest BCUT2D eigenvalue weighted by molar-refractivity contribution is 6.41. The Labute approximate surface area is 162 Å². The summed E-state index contributed by atoms with van der Waals surface area (Å²) in [5, 5.41) is 15.3. The molecule has 1 amide bonds. The van der Waals surface area contributed by atoms with Crippen molar-refractivity contribution < 1.29 is 4.79 Å². The molecule has 0 aromatic heterocycles. The highest BCUT2D eigenvalue weighted by atomic mass is 35.5. The second-order valence-corrected chi connectivity index (χ2v) is 6.55. The van der Waals surface area contributed by atoms with Gasteiger partial charge in [0.25, 0.3) is 5.91 Å². The maximum absolute atomic E-state index is 12.4. The standard InChI is InChI=1S/C20H20ClN5O/c1-24-10-16-19(23)17(11-26(2)20(16)27)15-9-13(22)5-8-18(15)25-14-6-3-12(21)4-7-14/h3-11,23-25H,22H2,1-2H3/b16-10+,23-19?. The first-order valence-corrected chi connectivity index (χ1v) is 8.66. The Morgan fingerprint density at radius 1 is 1.19 bits per heavy atom. The smallest absolute Gasteiger partial charge is 0.261 e. The zero-order valence-corrected chi connectivity index (χ0v) is 15.8. The highest BCUT2D eigenvalue weighted by Crippen LogP contribution is 2.33. The van der Waals surface area contributed by atoms with Crippen molar-refractivity contribution in [3.05, 3.63) is 71.0 Å². The normalized spacial score (nSPS) is 15.7. The number of anilines is 3. The summed E-state index contributed by atoms with van der Waals surface area (Å²) >= 11 is 5.95. The van der Waals surface area contributed by atoms with Gasteiger partial charge in [0.1, 0.15) is 0 Å². The van der Waals surface area contributed by atoms with Crippen molar-refractivity contribution in [1.29, 1.82) is 5.41 Å². The van der Waals surface area contributed by atoms with E-state index in [-0.39, 0.29) is 17.2 Å². The van der Waals surface area contributed by atoms with Crippen molar-refractivity contribution in [3.63, 3.8) is 0 Å². The molecule has 0 saturated carbocycles. The number of rotatable bonds is 4. The molecular formula is C20H20ClN5O. The number of amides is 1. The maximum atomic E-state index is 12.4. The molecule has 2 aromatic carbocycles. The highest BCUT2D eigenvalue weighted by Gasteiger charge is 2.28. The van der Waals surface area contributed by atoms with E-state index in [0.717, 1.165) is 16.9 Å². The molecule has 1 aliphatic rings. The first-order valence-electron chi connectivity index (χ1n) is 8.29. The molecule has 0 unspecified atom stereocenters. The third-order valence-corrected chi connectivity index (χ3v) is 4.41. The number of hydrogen-bond donors (Lipinski definition) is 4. The monoisotopic (exact) mass is 381 g/mol. The number of benzene rings is 2. The van der Waals surface area contributed by atoms with Gasteiger partial charge in [-0.2, -0.15) is 0 Å². The van der Waals surface area contributed by atoms with Gasteiger partial charge in [-0.25, -0.2) is 0 Å². The number of nitrogens with one attached hydrogen (secondary N) is 3. The molecule has 6 nitrogen and oxygen atoms in total. The van der Waals surface area contributed by atoms with E-state index in [2.05, 4.69) is 10.6 Å². The van der Waals surface area contributed by atoms with Gasteiger partial charge in [-0.1, -0.05) is 11.6 Å². The van der Waals surface area contributed by atoms with Crippen molar-refractivity contribution in [2.75, 3.05) is 25.1 Å². The van der Waals surface area contributed by atoms with Crippen molar-refractivity contribution in [2.45, 2.75) is 0 Å². The summed E-state index contributed by atoms with van der Waals surface area (Å²) in [4.78, 5) is 13.8. The fraction of sp³-hybridized carbons (Fsp3) is 0.100. The van der Waals surface area contributed by atoms with E-state index in [9.17, 15) is 4.79 Å². The Morgan fingerprint density at radius 2 is 1.89 bits per heavy atom. The second-order valence-electron chi connectivity index (χ2n) is 6.12. The van der Waals surface area contributed by atoms with E-state index in [1.165, 1.54) is 11.1 Å². The molecule has 2 aromatic rings. The third-order valence-electron chi connectivity index (χ3n) is 4.16. The van der Waals surface area contributed by atoms with Crippen LogP contribution in [0.25, 0.3) is 5.57 Å². The van der Waals surface area contributed by atoms with E-state index in [1.54, 1.807) is 44.6 Å². The Balaban J connectivity index is 2.07. The molecule has 1 heterocycles. The molecule has 0 bridgehead atoms. The number of carbonyl (C=O) groups excluding carboxylic acids is 1. The van der Waals surface area contributed by atoms with Crippen LogP contribution in [0.15, 0.2) is 60.4 Å². The molecule has 1 aliphatic heterocycles. The summed E-state index contributed by atoms with van der Waals surface area (Å²) in [7, 11) is 3.36.